The average Bonchev–Trinajstić information content (AvgIpc) is 2.84. The van der Waals surface area contributed by atoms with Gasteiger partial charge in [0.1, 0.15) is 5.82 Å². The summed E-state index contributed by atoms with van der Waals surface area (Å²) in [6.07, 6.45) is 0.658. The molecule has 2 aromatic heterocycles. The number of anilines is 2. The normalized spacial score (nSPS) is 10.9. The van der Waals surface area contributed by atoms with Crippen molar-refractivity contribution in [1.82, 2.24) is 15.1 Å². The van der Waals surface area contributed by atoms with E-state index in [4.69, 9.17) is 15.0 Å². The number of nitrogens with two attached hydrogens (primary N) is 1. The van der Waals surface area contributed by atoms with Gasteiger partial charge in [-0.2, -0.15) is 9.97 Å². The monoisotopic (exact) mass is 291 g/mol. The Bertz CT molecular complexity index is 582. The lowest BCUT2D eigenvalue weighted by Crippen LogP contribution is -2.10. The fraction of sp³-hybridized carbons (Fsp3) is 0.500. The third-order valence-electron chi connectivity index (χ3n) is 2.67. The van der Waals surface area contributed by atoms with Gasteiger partial charge in [-0.05, 0) is 18.1 Å². The van der Waals surface area contributed by atoms with Gasteiger partial charge in [0.05, 0.1) is 12.3 Å². The molecule has 0 aliphatic rings. The largest absolute Gasteiger partial charge is 0.476 e. The van der Waals surface area contributed by atoms with Crippen LogP contribution in [0.15, 0.2) is 16.7 Å². The van der Waals surface area contributed by atoms with E-state index in [0.29, 0.717) is 54.6 Å². The van der Waals surface area contributed by atoms with Crippen LogP contribution in [0.2, 0.25) is 0 Å². The topological polar surface area (TPSA) is 99.1 Å². The first kappa shape index (κ1) is 15.1. The Kier molecular flexibility index (Phi) is 4.97. The zero-order valence-corrected chi connectivity index (χ0v) is 12.6. The first-order chi connectivity index (χ1) is 10.0. The SMILES string of the molecule is Cc1nc(CCNc2ccc(N)c(OCC(C)C)n2)no1. The highest BCUT2D eigenvalue weighted by Gasteiger charge is 2.06. The highest BCUT2D eigenvalue weighted by atomic mass is 16.5. The van der Waals surface area contributed by atoms with E-state index in [1.165, 1.54) is 0 Å². The molecule has 0 saturated carbocycles. The number of nitrogens with zero attached hydrogens (tertiary/aromatic N) is 3. The molecule has 0 radical (unpaired) electrons. The Morgan fingerprint density at radius 2 is 2.14 bits per heavy atom. The molecule has 7 nitrogen and oxygen atoms in total. The van der Waals surface area contributed by atoms with Crippen molar-refractivity contribution in [2.45, 2.75) is 27.2 Å². The minimum absolute atomic E-state index is 0.421. The fourth-order valence-electron chi connectivity index (χ4n) is 1.66. The molecule has 0 atom stereocenters. The van der Waals surface area contributed by atoms with Gasteiger partial charge in [-0.15, -0.1) is 0 Å². The maximum absolute atomic E-state index is 5.85. The van der Waals surface area contributed by atoms with Gasteiger partial charge in [0.15, 0.2) is 5.82 Å². The van der Waals surface area contributed by atoms with Gasteiger partial charge in [-0.3, -0.25) is 0 Å². The first-order valence-corrected chi connectivity index (χ1v) is 6.97. The Balaban J connectivity index is 1.89. The van der Waals surface area contributed by atoms with Crippen molar-refractivity contribution in [3.8, 4) is 5.88 Å². The third kappa shape index (κ3) is 4.62. The van der Waals surface area contributed by atoms with Gasteiger partial charge in [-0.1, -0.05) is 19.0 Å². The zero-order chi connectivity index (χ0) is 15.2. The van der Waals surface area contributed by atoms with Crippen LogP contribution in [0.3, 0.4) is 0 Å². The predicted octanol–water partition coefficient (Wildman–Crippen LogP) is 2.04. The van der Waals surface area contributed by atoms with Crippen LogP contribution in [-0.2, 0) is 6.42 Å². The molecule has 2 aromatic rings. The smallest absolute Gasteiger partial charge is 0.239 e. The summed E-state index contributed by atoms with van der Waals surface area (Å²) >= 11 is 0. The standard InChI is InChI=1S/C14H21N5O2/c1-9(2)8-20-14-11(15)4-5-12(18-14)16-7-6-13-17-10(3)21-19-13/h4-5,9H,6-8,15H2,1-3H3,(H,16,18). The van der Waals surface area contributed by atoms with Crippen molar-refractivity contribution in [3.63, 3.8) is 0 Å². The number of nitrogen functional groups attached to an aromatic ring is 1. The molecule has 0 aliphatic carbocycles. The molecule has 7 heteroatoms. The number of rotatable bonds is 7. The van der Waals surface area contributed by atoms with Crippen LogP contribution < -0.4 is 15.8 Å². The lowest BCUT2D eigenvalue weighted by atomic mass is 10.2. The molecule has 0 unspecified atom stereocenters. The molecule has 3 N–H and O–H groups in total. The van der Waals surface area contributed by atoms with E-state index >= 15 is 0 Å². The van der Waals surface area contributed by atoms with Gasteiger partial charge in [0.25, 0.3) is 0 Å². The molecule has 0 aromatic carbocycles. The molecule has 0 saturated heterocycles. The quantitative estimate of drug-likeness (QED) is 0.805. The van der Waals surface area contributed by atoms with Crippen molar-refractivity contribution < 1.29 is 9.26 Å². The van der Waals surface area contributed by atoms with Gasteiger partial charge in [0.2, 0.25) is 11.8 Å². The van der Waals surface area contributed by atoms with Crippen LogP contribution in [0, 0.1) is 12.8 Å². The Morgan fingerprint density at radius 1 is 1.33 bits per heavy atom. The van der Waals surface area contributed by atoms with Gasteiger partial charge in [0, 0.05) is 19.9 Å². The molecule has 0 spiro atoms. The molecule has 2 rings (SSSR count). The molecule has 0 bridgehead atoms. The fourth-order valence-corrected chi connectivity index (χ4v) is 1.66. The summed E-state index contributed by atoms with van der Waals surface area (Å²) in [5, 5.41) is 7.03. The van der Waals surface area contributed by atoms with E-state index in [9.17, 15) is 0 Å². The van der Waals surface area contributed by atoms with Gasteiger partial charge in [-0.25, -0.2) is 0 Å². The summed E-state index contributed by atoms with van der Waals surface area (Å²) in [7, 11) is 0. The highest BCUT2D eigenvalue weighted by molar-refractivity contribution is 5.53. The second-order valence-corrected chi connectivity index (χ2v) is 5.20. The van der Waals surface area contributed by atoms with Crippen LogP contribution in [0.4, 0.5) is 11.5 Å². The highest BCUT2D eigenvalue weighted by Crippen LogP contribution is 2.21. The number of nitrogens with one attached hydrogen (secondary N) is 1. The van der Waals surface area contributed by atoms with Gasteiger partial charge >= 0.3 is 0 Å². The summed E-state index contributed by atoms with van der Waals surface area (Å²) in [6.45, 7) is 7.16. The van der Waals surface area contributed by atoms with Crippen LogP contribution in [-0.4, -0.2) is 28.3 Å². The van der Waals surface area contributed by atoms with E-state index in [1.54, 1.807) is 13.0 Å². The number of ether oxygens (including phenoxy) is 1. The van der Waals surface area contributed by atoms with Crippen molar-refractivity contribution >= 4 is 11.5 Å². The molecule has 0 fully saturated rings. The number of aromatic nitrogens is 3. The van der Waals surface area contributed by atoms with E-state index in [1.807, 2.05) is 6.07 Å². The predicted molar refractivity (Wildman–Crippen MR) is 80.2 cm³/mol. The van der Waals surface area contributed by atoms with E-state index in [0.717, 1.165) is 0 Å². The summed E-state index contributed by atoms with van der Waals surface area (Å²) in [6, 6.07) is 3.60. The molecule has 0 amide bonds. The van der Waals surface area contributed by atoms with Crippen LogP contribution >= 0.6 is 0 Å². The Hall–Kier alpha value is -2.31. The Morgan fingerprint density at radius 3 is 2.81 bits per heavy atom. The zero-order valence-electron chi connectivity index (χ0n) is 12.6. The number of hydrogen-bond donors (Lipinski definition) is 2. The van der Waals surface area contributed by atoms with Crippen molar-refractivity contribution in [2.24, 2.45) is 5.92 Å². The lowest BCUT2D eigenvalue weighted by molar-refractivity contribution is 0.263. The molecule has 0 aliphatic heterocycles. The van der Waals surface area contributed by atoms with Crippen molar-refractivity contribution in [3.05, 3.63) is 23.8 Å². The first-order valence-electron chi connectivity index (χ1n) is 6.97. The minimum Gasteiger partial charge on any atom is -0.476 e. The van der Waals surface area contributed by atoms with Crippen molar-refractivity contribution in [2.75, 3.05) is 24.2 Å². The van der Waals surface area contributed by atoms with E-state index < -0.39 is 0 Å². The van der Waals surface area contributed by atoms with Crippen LogP contribution in [0.5, 0.6) is 5.88 Å². The van der Waals surface area contributed by atoms with Crippen LogP contribution in [0.25, 0.3) is 0 Å². The number of aryl methyl sites for hydroxylation is 1. The summed E-state index contributed by atoms with van der Waals surface area (Å²) < 4.78 is 10.5. The molecular weight excluding hydrogens is 270 g/mol. The minimum atomic E-state index is 0.421. The van der Waals surface area contributed by atoms with E-state index in [2.05, 4.69) is 34.3 Å². The second kappa shape index (κ2) is 6.92. The number of hydrogen-bond acceptors (Lipinski definition) is 7. The third-order valence-corrected chi connectivity index (χ3v) is 2.67. The van der Waals surface area contributed by atoms with E-state index in [-0.39, 0.29) is 0 Å². The molecule has 114 valence electrons. The average molecular weight is 291 g/mol. The maximum atomic E-state index is 5.85. The second-order valence-electron chi connectivity index (χ2n) is 5.20. The van der Waals surface area contributed by atoms with Gasteiger partial charge < -0.3 is 20.3 Å². The van der Waals surface area contributed by atoms with Crippen molar-refractivity contribution in [1.29, 1.82) is 0 Å². The Labute approximate surface area is 123 Å². The number of pyridine rings is 1. The molecule has 21 heavy (non-hydrogen) atoms. The van der Waals surface area contributed by atoms with Crippen LogP contribution in [0.1, 0.15) is 25.6 Å². The summed E-state index contributed by atoms with van der Waals surface area (Å²) in [5.41, 5.74) is 6.39. The lowest BCUT2D eigenvalue weighted by Gasteiger charge is -2.11. The summed E-state index contributed by atoms with van der Waals surface area (Å²) in [4.78, 5) is 8.50. The molecule has 2 heterocycles. The summed E-state index contributed by atoms with van der Waals surface area (Å²) in [5.74, 6) is 2.84. The maximum Gasteiger partial charge on any atom is 0.239 e. The molecular formula is C14H21N5O2.